The van der Waals surface area contributed by atoms with E-state index in [9.17, 15) is 10.1 Å². The maximum atomic E-state index is 10.6. The van der Waals surface area contributed by atoms with Crippen LogP contribution in [0.2, 0.25) is 0 Å². The minimum Gasteiger partial charge on any atom is -0.378 e. The van der Waals surface area contributed by atoms with Crippen LogP contribution in [0.5, 0.6) is 0 Å². The van der Waals surface area contributed by atoms with Crippen LogP contribution in [0, 0.1) is 10.1 Å². The summed E-state index contributed by atoms with van der Waals surface area (Å²) in [6.45, 7) is 3.43. The molecule has 1 aliphatic heterocycles. The number of rotatable bonds is 2. The smallest absolute Gasteiger partial charge is 0.329 e. The molecular formula is C9H14N6O2. The number of nitro groups is 1. The SMILES string of the molecule is CN1CCN(c2ncc([N+](=O)[O-])c(N)n2)CC1. The summed E-state index contributed by atoms with van der Waals surface area (Å²) in [7, 11) is 2.04. The highest BCUT2D eigenvalue weighted by Gasteiger charge is 2.20. The van der Waals surface area contributed by atoms with E-state index in [1.54, 1.807) is 0 Å². The molecule has 17 heavy (non-hydrogen) atoms. The molecule has 8 nitrogen and oxygen atoms in total. The van der Waals surface area contributed by atoms with Crippen molar-refractivity contribution in [1.82, 2.24) is 14.9 Å². The molecule has 0 radical (unpaired) electrons. The maximum absolute atomic E-state index is 10.6. The van der Waals surface area contributed by atoms with Gasteiger partial charge in [0, 0.05) is 26.2 Å². The van der Waals surface area contributed by atoms with Crippen molar-refractivity contribution in [2.45, 2.75) is 0 Å². The third-order valence-corrected chi connectivity index (χ3v) is 2.77. The second-order valence-electron chi connectivity index (χ2n) is 3.99. The number of nitrogen functional groups attached to an aromatic ring is 1. The lowest BCUT2D eigenvalue weighted by molar-refractivity contribution is -0.384. The van der Waals surface area contributed by atoms with Gasteiger partial charge in [-0.05, 0) is 7.05 Å². The van der Waals surface area contributed by atoms with Crippen LogP contribution in [-0.2, 0) is 0 Å². The molecule has 0 bridgehead atoms. The Hall–Kier alpha value is -1.96. The Balaban J connectivity index is 2.17. The molecule has 2 heterocycles. The van der Waals surface area contributed by atoms with Crippen molar-refractivity contribution in [3.63, 3.8) is 0 Å². The van der Waals surface area contributed by atoms with Gasteiger partial charge in [-0.1, -0.05) is 0 Å². The summed E-state index contributed by atoms with van der Waals surface area (Å²) >= 11 is 0. The predicted molar refractivity (Wildman–Crippen MR) is 62.8 cm³/mol. The first-order valence-corrected chi connectivity index (χ1v) is 5.28. The zero-order chi connectivity index (χ0) is 12.4. The minimum absolute atomic E-state index is 0.0843. The summed E-state index contributed by atoms with van der Waals surface area (Å²) < 4.78 is 0. The Morgan fingerprint density at radius 2 is 2.06 bits per heavy atom. The van der Waals surface area contributed by atoms with E-state index in [1.165, 1.54) is 0 Å². The van der Waals surface area contributed by atoms with E-state index in [1.807, 2.05) is 11.9 Å². The standard InChI is InChI=1S/C9H14N6O2/c1-13-2-4-14(5-3-13)9-11-6-7(15(16)17)8(10)12-9/h6H,2-5H2,1H3,(H2,10,11,12). The molecule has 0 amide bonds. The van der Waals surface area contributed by atoms with Crippen molar-refractivity contribution in [3.8, 4) is 0 Å². The molecule has 0 unspecified atom stereocenters. The van der Waals surface area contributed by atoms with Gasteiger partial charge in [0.15, 0.2) is 0 Å². The Bertz CT molecular complexity index is 429. The second-order valence-corrected chi connectivity index (χ2v) is 3.99. The van der Waals surface area contributed by atoms with E-state index in [4.69, 9.17) is 5.73 Å². The van der Waals surface area contributed by atoms with E-state index >= 15 is 0 Å². The molecular weight excluding hydrogens is 224 g/mol. The monoisotopic (exact) mass is 238 g/mol. The number of nitrogens with two attached hydrogens (primary N) is 1. The average molecular weight is 238 g/mol. The lowest BCUT2D eigenvalue weighted by Gasteiger charge is -2.32. The third-order valence-electron chi connectivity index (χ3n) is 2.77. The van der Waals surface area contributed by atoms with Gasteiger partial charge in [-0.15, -0.1) is 0 Å². The Labute approximate surface area is 98.2 Å². The van der Waals surface area contributed by atoms with Crippen molar-refractivity contribution in [1.29, 1.82) is 0 Å². The van der Waals surface area contributed by atoms with Crippen LogP contribution in [0.3, 0.4) is 0 Å². The molecule has 8 heteroatoms. The van der Waals surface area contributed by atoms with Gasteiger partial charge >= 0.3 is 5.69 Å². The molecule has 1 aromatic rings. The fourth-order valence-corrected chi connectivity index (χ4v) is 1.68. The van der Waals surface area contributed by atoms with Crippen molar-refractivity contribution in [3.05, 3.63) is 16.3 Å². The first-order valence-electron chi connectivity index (χ1n) is 5.28. The first kappa shape index (κ1) is 11.5. The maximum Gasteiger partial charge on any atom is 0.329 e. The molecule has 1 saturated heterocycles. The molecule has 0 spiro atoms. The molecule has 1 aliphatic rings. The molecule has 0 aliphatic carbocycles. The lowest BCUT2D eigenvalue weighted by atomic mass is 10.3. The van der Waals surface area contributed by atoms with Gasteiger partial charge < -0.3 is 15.5 Å². The molecule has 0 saturated carbocycles. The van der Waals surface area contributed by atoms with E-state index < -0.39 is 4.92 Å². The molecule has 1 fully saturated rings. The van der Waals surface area contributed by atoms with Gasteiger partial charge in [-0.2, -0.15) is 4.98 Å². The van der Waals surface area contributed by atoms with Crippen LogP contribution in [0.4, 0.5) is 17.5 Å². The van der Waals surface area contributed by atoms with Crippen LogP contribution in [0.25, 0.3) is 0 Å². The van der Waals surface area contributed by atoms with Gasteiger partial charge in [0.1, 0.15) is 6.20 Å². The molecule has 1 aromatic heterocycles. The topological polar surface area (TPSA) is 101 Å². The summed E-state index contributed by atoms with van der Waals surface area (Å²) in [5.41, 5.74) is 5.28. The average Bonchev–Trinajstić information content (AvgIpc) is 2.29. The Kier molecular flexibility index (Phi) is 3.05. The molecule has 2 N–H and O–H groups in total. The van der Waals surface area contributed by atoms with Gasteiger partial charge in [0.25, 0.3) is 0 Å². The molecule has 2 rings (SSSR count). The minimum atomic E-state index is -0.580. The van der Waals surface area contributed by atoms with Gasteiger partial charge in [0.05, 0.1) is 4.92 Å². The van der Waals surface area contributed by atoms with Crippen LogP contribution >= 0.6 is 0 Å². The van der Waals surface area contributed by atoms with E-state index in [2.05, 4.69) is 14.9 Å². The highest BCUT2D eigenvalue weighted by Crippen LogP contribution is 2.20. The fraction of sp³-hybridized carbons (Fsp3) is 0.556. The summed E-state index contributed by atoms with van der Waals surface area (Å²) in [4.78, 5) is 22.1. The van der Waals surface area contributed by atoms with Crippen molar-refractivity contribution < 1.29 is 4.92 Å². The number of anilines is 2. The fourth-order valence-electron chi connectivity index (χ4n) is 1.68. The zero-order valence-corrected chi connectivity index (χ0v) is 9.54. The summed E-state index contributed by atoms with van der Waals surface area (Å²) in [6, 6.07) is 0. The van der Waals surface area contributed by atoms with Crippen LogP contribution in [0.15, 0.2) is 6.20 Å². The highest BCUT2D eigenvalue weighted by molar-refractivity contribution is 5.53. The zero-order valence-electron chi connectivity index (χ0n) is 9.54. The van der Waals surface area contributed by atoms with Gasteiger partial charge in [0.2, 0.25) is 11.8 Å². The molecule has 0 atom stereocenters. The first-order chi connectivity index (χ1) is 8.08. The highest BCUT2D eigenvalue weighted by atomic mass is 16.6. The van der Waals surface area contributed by atoms with Gasteiger partial charge in [-0.3, -0.25) is 10.1 Å². The van der Waals surface area contributed by atoms with E-state index in [0.29, 0.717) is 5.95 Å². The predicted octanol–water partition coefficient (Wildman–Crippen LogP) is -0.281. The van der Waals surface area contributed by atoms with Crippen molar-refractivity contribution in [2.24, 2.45) is 0 Å². The molecule has 92 valence electrons. The number of aromatic nitrogens is 2. The molecule has 0 aromatic carbocycles. The summed E-state index contributed by atoms with van der Waals surface area (Å²) in [5, 5.41) is 10.6. The normalized spacial score (nSPS) is 17.1. The van der Waals surface area contributed by atoms with E-state index in [0.717, 1.165) is 32.4 Å². The summed E-state index contributed by atoms with van der Waals surface area (Å²) in [6.07, 6.45) is 1.16. The van der Waals surface area contributed by atoms with Crippen LogP contribution < -0.4 is 10.6 Å². The summed E-state index contributed by atoms with van der Waals surface area (Å²) in [5.74, 6) is 0.375. The van der Waals surface area contributed by atoms with E-state index in [-0.39, 0.29) is 11.5 Å². The van der Waals surface area contributed by atoms with Crippen molar-refractivity contribution in [2.75, 3.05) is 43.9 Å². The number of hydrogen-bond acceptors (Lipinski definition) is 7. The Morgan fingerprint density at radius 1 is 1.41 bits per heavy atom. The lowest BCUT2D eigenvalue weighted by Crippen LogP contribution is -2.45. The van der Waals surface area contributed by atoms with Crippen LogP contribution in [0.1, 0.15) is 0 Å². The number of nitrogens with zero attached hydrogens (tertiary/aromatic N) is 5. The Morgan fingerprint density at radius 3 is 2.59 bits per heavy atom. The number of piperazine rings is 1. The van der Waals surface area contributed by atoms with Crippen LogP contribution in [-0.4, -0.2) is 53.0 Å². The number of likely N-dealkylation sites (N-methyl/N-ethyl adjacent to an activating group) is 1. The van der Waals surface area contributed by atoms with Crippen molar-refractivity contribution >= 4 is 17.5 Å². The quantitative estimate of drug-likeness (QED) is 0.558. The second kappa shape index (κ2) is 4.50. The largest absolute Gasteiger partial charge is 0.378 e. The third kappa shape index (κ3) is 2.41. The van der Waals surface area contributed by atoms with Gasteiger partial charge in [-0.25, -0.2) is 4.98 Å². The number of hydrogen-bond donors (Lipinski definition) is 1.